The van der Waals surface area contributed by atoms with Crippen LogP contribution in [0.15, 0.2) is 0 Å². The first-order valence-corrected chi connectivity index (χ1v) is 7.79. The van der Waals surface area contributed by atoms with Gasteiger partial charge in [0.1, 0.15) is 9.84 Å². The molecule has 0 aromatic heterocycles. The summed E-state index contributed by atoms with van der Waals surface area (Å²) < 4.78 is 21.7. The second kappa shape index (κ2) is 6.80. The van der Waals surface area contributed by atoms with E-state index in [4.69, 9.17) is 0 Å². The Hall–Kier alpha value is 0.390. The smallest absolute Gasteiger partial charge is 0.147 e. The first-order valence-electron chi connectivity index (χ1n) is 4.81. The Kier molecular flexibility index (Phi) is 6.99. The van der Waals surface area contributed by atoms with E-state index in [0.717, 1.165) is 25.9 Å². The number of hydrogen-bond acceptors (Lipinski definition) is 3. The Morgan fingerprint density at radius 1 is 1.36 bits per heavy atom. The summed E-state index contributed by atoms with van der Waals surface area (Å²) in [6.07, 6.45) is 3.11. The van der Waals surface area contributed by atoms with Crippen LogP contribution in [0.4, 0.5) is 0 Å². The summed E-state index contributed by atoms with van der Waals surface area (Å²) >= 11 is 3.48. The van der Waals surface area contributed by atoms with E-state index in [-0.39, 0.29) is 0 Å². The molecular weight excluding hydrogens is 266 g/mol. The van der Waals surface area contributed by atoms with Crippen molar-refractivity contribution in [2.45, 2.75) is 24.6 Å². The van der Waals surface area contributed by atoms with Crippen LogP contribution in [0.5, 0.6) is 0 Å². The van der Waals surface area contributed by atoms with Crippen LogP contribution in [0.3, 0.4) is 0 Å². The van der Waals surface area contributed by atoms with Crippen molar-refractivity contribution < 1.29 is 8.42 Å². The molecule has 0 rings (SSSR count). The monoisotopic (exact) mass is 285 g/mol. The van der Waals surface area contributed by atoms with Crippen LogP contribution < -0.4 is 0 Å². The van der Waals surface area contributed by atoms with Gasteiger partial charge in [-0.25, -0.2) is 8.42 Å². The Morgan fingerprint density at radius 3 is 2.36 bits per heavy atom. The molecule has 0 aromatic rings. The average molecular weight is 286 g/mol. The van der Waals surface area contributed by atoms with E-state index in [1.54, 1.807) is 0 Å². The van der Waals surface area contributed by atoms with Crippen LogP contribution in [0.2, 0.25) is 0 Å². The molecule has 1 unspecified atom stereocenters. The molecule has 1 atom stereocenters. The minimum Gasteiger partial charge on any atom is -0.306 e. The number of nitrogens with zero attached hydrogens (tertiary/aromatic N) is 1. The number of sulfone groups is 1. The van der Waals surface area contributed by atoms with Crippen molar-refractivity contribution in [3.05, 3.63) is 0 Å². The van der Waals surface area contributed by atoms with Gasteiger partial charge < -0.3 is 4.90 Å². The van der Waals surface area contributed by atoms with Crippen molar-refractivity contribution in [3.8, 4) is 0 Å². The fourth-order valence-corrected chi connectivity index (χ4v) is 1.96. The molecule has 0 N–H and O–H groups in total. The molecule has 0 bridgehead atoms. The molecule has 0 aliphatic rings. The van der Waals surface area contributed by atoms with E-state index in [2.05, 4.69) is 27.8 Å². The van der Waals surface area contributed by atoms with Crippen LogP contribution in [0.1, 0.15) is 19.8 Å². The summed E-state index contributed by atoms with van der Waals surface area (Å²) in [6, 6.07) is 0. The fraction of sp³-hybridized carbons (Fsp3) is 1.00. The van der Waals surface area contributed by atoms with E-state index in [1.807, 2.05) is 7.05 Å². The van der Waals surface area contributed by atoms with Gasteiger partial charge in [-0.05, 0) is 33.0 Å². The third-order valence-corrected chi connectivity index (χ3v) is 3.45. The molecular formula is C9H20BrNO2S. The fourth-order valence-electron chi connectivity index (χ4n) is 1.11. The summed E-state index contributed by atoms with van der Waals surface area (Å²) in [7, 11) is -0.762. The molecule has 0 saturated carbocycles. The molecule has 0 radical (unpaired) electrons. The van der Waals surface area contributed by atoms with E-state index >= 15 is 0 Å². The van der Waals surface area contributed by atoms with Crippen molar-refractivity contribution in [1.29, 1.82) is 0 Å². The first-order chi connectivity index (χ1) is 6.31. The molecule has 0 aliphatic heterocycles. The van der Waals surface area contributed by atoms with Gasteiger partial charge in [0.2, 0.25) is 0 Å². The highest BCUT2D eigenvalue weighted by molar-refractivity contribution is 9.09. The van der Waals surface area contributed by atoms with Gasteiger partial charge in [0, 0.05) is 11.1 Å². The zero-order valence-electron chi connectivity index (χ0n) is 9.16. The van der Waals surface area contributed by atoms with E-state index < -0.39 is 9.84 Å². The molecule has 3 nitrogen and oxygen atoms in total. The maximum atomic E-state index is 10.9. The minimum absolute atomic E-state index is 0.293. The Balaban J connectivity index is 3.50. The van der Waals surface area contributed by atoms with Gasteiger partial charge in [-0.1, -0.05) is 22.9 Å². The number of rotatable bonds is 7. The van der Waals surface area contributed by atoms with Gasteiger partial charge in [0.15, 0.2) is 0 Å². The Labute approximate surface area is 95.9 Å². The van der Waals surface area contributed by atoms with Crippen LogP contribution in [-0.2, 0) is 9.84 Å². The predicted molar refractivity (Wildman–Crippen MR) is 64.8 cm³/mol. The highest BCUT2D eigenvalue weighted by Crippen LogP contribution is 2.04. The molecule has 14 heavy (non-hydrogen) atoms. The number of hydrogen-bond donors (Lipinski definition) is 0. The van der Waals surface area contributed by atoms with E-state index in [1.165, 1.54) is 6.26 Å². The summed E-state index contributed by atoms with van der Waals surface area (Å²) in [6.45, 7) is 3.98. The summed E-state index contributed by atoms with van der Waals surface area (Å²) in [5, 5.41) is 0. The number of alkyl halides is 1. The molecule has 86 valence electrons. The van der Waals surface area contributed by atoms with Crippen molar-refractivity contribution in [2.24, 2.45) is 0 Å². The lowest BCUT2D eigenvalue weighted by Crippen LogP contribution is -2.24. The third-order valence-electron chi connectivity index (χ3n) is 1.96. The third kappa shape index (κ3) is 10.5. The van der Waals surface area contributed by atoms with Gasteiger partial charge in [0.05, 0.1) is 5.75 Å². The Morgan fingerprint density at radius 2 is 1.93 bits per heavy atom. The number of halogens is 1. The van der Waals surface area contributed by atoms with Crippen LogP contribution >= 0.6 is 15.9 Å². The zero-order chi connectivity index (χ0) is 11.2. The van der Waals surface area contributed by atoms with Gasteiger partial charge >= 0.3 is 0 Å². The molecule has 0 aliphatic carbocycles. The van der Waals surface area contributed by atoms with Crippen LogP contribution in [-0.4, -0.2) is 50.3 Å². The van der Waals surface area contributed by atoms with Crippen molar-refractivity contribution in [1.82, 2.24) is 4.90 Å². The van der Waals surface area contributed by atoms with Crippen LogP contribution in [0, 0.1) is 0 Å². The second-order valence-electron chi connectivity index (χ2n) is 3.86. The lowest BCUT2D eigenvalue weighted by atomic mass is 10.3. The lowest BCUT2D eigenvalue weighted by Gasteiger charge is -2.16. The maximum absolute atomic E-state index is 10.9. The van der Waals surface area contributed by atoms with Gasteiger partial charge in [-0.15, -0.1) is 0 Å². The summed E-state index contributed by atoms with van der Waals surface area (Å²) in [4.78, 5) is 2.70. The second-order valence-corrected chi connectivity index (χ2v) is 7.68. The van der Waals surface area contributed by atoms with Gasteiger partial charge in [-0.3, -0.25) is 0 Å². The largest absolute Gasteiger partial charge is 0.306 e. The van der Waals surface area contributed by atoms with E-state index in [0.29, 0.717) is 10.6 Å². The first kappa shape index (κ1) is 14.4. The van der Waals surface area contributed by atoms with Crippen molar-refractivity contribution in [2.75, 3.05) is 32.1 Å². The maximum Gasteiger partial charge on any atom is 0.147 e. The molecule has 5 heteroatoms. The Bertz CT molecular complexity index is 239. The van der Waals surface area contributed by atoms with Crippen molar-refractivity contribution >= 4 is 25.8 Å². The predicted octanol–water partition coefficient (Wildman–Crippen LogP) is 1.53. The molecule has 0 spiro atoms. The topological polar surface area (TPSA) is 37.4 Å². The highest BCUT2D eigenvalue weighted by atomic mass is 79.9. The van der Waals surface area contributed by atoms with Crippen molar-refractivity contribution in [3.63, 3.8) is 0 Å². The molecule has 0 aromatic carbocycles. The molecule has 0 fully saturated rings. The zero-order valence-corrected chi connectivity index (χ0v) is 11.6. The van der Waals surface area contributed by atoms with Gasteiger partial charge in [0.25, 0.3) is 0 Å². The molecule has 0 amide bonds. The summed E-state index contributed by atoms with van der Waals surface area (Å²) in [5.74, 6) is 0.293. The summed E-state index contributed by atoms with van der Waals surface area (Å²) in [5.41, 5.74) is 0. The molecule has 0 saturated heterocycles. The molecule has 0 heterocycles. The van der Waals surface area contributed by atoms with Gasteiger partial charge in [-0.2, -0.15) is 0 Å². The SMILES string of the molecule is CC(Br)CCN(C)CCCS(C)(=O)=O. The lowest BCUT2D eigenvalue weighted by molar-refractivity contribution is 0.331. The van der Waals surface area contributed by atoms with E-state index in [9.17, 15) is 8.42 Å². The standard InChI is InChI=1S/C9H20BrNO2S/c1-9(10)5-7-11(2)6-4-8-14(3,12)13/h9H,4-8H2,1-3H3. The highest BCUT2D eigenvalue weighted by Gasteiger charge is 2.04. The quantitative estimate of drug-likeness (QED) is 0.666. The van der Waals surface area contributed by atoms with Crippen LogP contribution in [0.25, 0.3) is 0 Å². The average Bonchev–Trinajstić information content (AvgIpc) is 1.98. The normalized spacial score (nSPS) is 14.6. The minimum atomic E-state index is -2.79.